The van der Waals surface area contributed by atoms with Gasteiger partial charge in [-0.25, -0.2) is 0 Å². The summed E-state index contributed by atoms with van der Waals surface area (Å²) in [6.45, 7) is 2.02. The number of aliphatic carboxylic acids is 1. The Labute approximate surface area is 91.5 Å². The normalized spacial score (nSPS) is 29.5. The molecule has 15 heavy (non-hydrogen) atoms. The van der Waals surface area contributed by atoms with Crippen LogP contribution in [0.15, 0.2) is 0 Å². The average Bonchev–Trinajstić information content (AvgIpc) is 2.71. The molecule has 1 aliphatic carbocycles. The molecule has 0 amide bonds. The SMILES string of the molecule is O=C(O)[C@H]1CCCCN1CC1CCCC1. The fourth-order valence-corrected chi connectivity index (χ4v) is 3.01. The van der Waals surface area contributed by atoms with Gasteiger partial charge < -0.3 is 5.11 Å². The molecule has 1 saturated heterocycles. The molecule has 0 aromatic carbocycles. The quantitative estimate of drug-likeness (QED) is 0.777. The van der Waals surface area contributed by atoms with E-state index in [1.54, 1.807) is 0 Å². The Morgan fingerprint density at radius 2 is 1.80 bits per heavy atom. The fraction of sp³-hybridized carbons (Fsp3) is 0.917. The molecule has 0 unspecified atom stereocenters. The molecular formula is C12H21NO2. The predicted molar refractivity (Wildman–Crippen MR) is 58.8 cm³/mol. The molecule has 2 fully saturated rings. The van der Waals surface area contributed by atoms with Gasteiger partial charge in [-0.2, -0.15) is 0 Å². The van der Waals surface area contributed by atoms with E-state index >= 15 is 0 Å². The van der Waals surface area contributed by atoms with Gasteiger partial charge in [-0.05, 0) is 38.1 Å². The van der Waals surface area contributed by atoms with Crippen LogP contribution in [0.5, 0.6) is 0 Å². The zero-order chi connectivity index (χ0) is 10.7. The molecule has 2 rings (SSSR count). The van der Waals surface area contributed by atoms with E-state index in [1.165, 1.54) is 32.1 Å². The van der Waals surface area contributed by atoms with Gasteiger partial charge >= 0.3 is 5.97 Å². The first-order chi connectivity index (χ1) is 7.27. The van der Waals surface area contributed by atoms with Crippen LogP contribution in [0.25, 0.3) is 0 Å². The van der Waals surface area contributed by atoms with Crippen molar-refractivity contribution < 1.29 is 9.90 Å². The second-order valence-electron chi connectivity index (χ2n) is 5.00. The highest BCUT2D eigenvalue weighted by Crippen LogP contribution is 2.28. The largest absolute Gasteiger partial charge is 0.480 e. The smallest absolute Gasteiger partial charge is 0.320 e. The summed E-state index contributed by atoms with van der Waals surface area (Å²) in [4.78, 5) is 13.3. The lowest BCUT2D eigenvalue weighted by molar-refractivity contribution is -0.144. The lowest BCUT2D eigenvalue weighted by Crippen LogP contribution is -2.46. The molecule has 1 aliphatic heterocycles. The highest BCUT2D eigenvalue weighted by atomic mass is 16.4. The van der Waals surface area contributed by atoms with E-state index in [1.807, 2.05) is 0 Å². The van der Waals surface area contributed by atoms with Crippen molar-refractivity contribution in [2.45, 2.75) is 51.0 Å². The lowest BCUT2D eigenvalue weighted by atomic mass is 9.99. The van der Waals surface area contributed by atoms with Gasteiger partial charge in [-0.3, -0.25) is 9.69 Å². The predicted octanol–water partition coefficient (Wildman–Crippen LogP) is 2.12. The molecule has 1 saturated carbocycles. The number of rotatable bonds is 3. The molecule has 0 radical (unpaired) electrons. The van der Waals surface area contributed by atoms with Crippen molar-refractivity contribution >= 4 is 5.97 Å². The highest BCUT2D eigenvalue weighted by molar-refractivity contribution is 5.73. The van der Waals surface area contributed by atoms with Crippen LogP contribution in [0.3, 0.4) is 0 Å². The van der Waals surface area contributed by atoms with Gasteiger partial charge in [-0.1, -0.05) is 19.3 Å². The van der Waals surface area contributed by atoms with Gasteiger partial charge in [0.2, 0.25) is 0 Å². The van der Waals surface area contributed by atoms with E-state index < -0.39 is 5.97 Å². The van der Waals surface area contributed by atoms with Crippen LogP contribution in [-0.4, -0.2) is 35.1 Å². The molecule has 0 aromatic heterocycles. The van der Waals surface area contributed by atoms with Crippen LogP contribution >= 0.6 is 0 Å². The number of likely N-dealkylation sites (tertiary alicyclic amines) is 1. The van der Waals surface area contributed by atoms with Crippen LogP contribution < -0.4 is 0 Å². The van der Waals surface area contributed by atoms with Crippen molar-refractivity contribution in [2.75, 3.05) is 13.1 Å². The van der Waals surface area contributed by atoms with Crippen molar-refractivity contribution in [3.05, 3.63) is 0 Å². The summed E-state index contributed by atoms with van der Waals surface area (Å²) in [5, 5.41) is 9.14. The van der Waals surface area contributed by atoms with Gasteiger partial charge in [0.05, 0.1) is 0 Å². The number of carboxylic acids is 1. The minimum Gasteiger partial charge on any atom is -0.480 e. The van der Waals surface area contributed by atoms with Crippen LogP contribution in [0.4, 0.5) is 0 Å². The van der Waals surface area contributed by atoms with E-state index in [4.69, 9.17) is 5.11 Å². The Morgan fingerprint density at radius 1 is 1.13 bits per heavy atom. The Balaban J connectivity index is 1.89. The third-order valence-corrected chi connectivity index (χ3v) is 3.87. The molecule has 1 atom stereocenters. The average molecular weight is 211 g/mol. The van der Waals surface area contributed by atoms with E-state index in [9.17, 15) is 4.79 Å². The molecule has 2 aliphatic rings. The third-order valence-electron chi connectivity index (χ3n) is 3.87. The van der Waals surface area contributed by atoms with Gasteiger partial charge in [0.15, 0.2) is 0 Å². The van der Waals surface area contributed by atoms with E-state index in [0.717, 1.165) is 31.8 Å². The number of carboxylic acid groups (broad SMARTS) is 1. The summed E-state index contributed by atoms with van der Waals surface area (Å²) >= 11 is 0. The van der Waals surface area contributed by atoms with Crippen LogP contribution in [0.2, 0.25) is 0 Å². The van der Waals surface area contributed by atoms with Gasteiger partial charge in [-0.15, -0.1) is 0 Å². The van der Waals surface area contributed by atoms with Crippen LogP contribution in [0.1, 0.15) is 44.9 Å². The van der Waals surface area contributed by atoms with Crippen LogP contribution in [0, 0.1) is 5.92 Å². The minimum atomic E-state index is -0.618. The van der Waals surface area contributed by atoms with E-state index in [0.29, 0.717) is 0 Å². The lowest BCUT2D eigenvalue weighted by Gasteiger charge is -2.34. The molecule has 86 valence electrons. The first kappa shape index (κ1) is 10.9. The molecule has 1 heterocycles. The summed E-state index contributed by atoms with van der Waals surface area (Å²) in [6, 6.07) is -0.195. The summed E-state index contributed by atoms with van der Waals surface area (Å²) in [6.07, 6.45) is 8.41. The Bertz CT molecular complexity index is 224. The Kier molecular flexibility index (Phi) is 3.62. The summed E-state index contributed by atoms with van der Waals surface area (Å²) in [7, 11) is 0. The van der Waals surface area contributed by atoms with Crippen molar-refractivity contribution in [3.63, 3.8) is 0 Å². The second-order valence-corrected chi connectivity index (χ2v) is 5.00. The van der Waals surface area contributed by atoms with E-state index in [-0.39, 0.29) is 6.04 Å². The van der Waals surface area contributed by atoms with Crippen molar-refractivity contribution in [2.24, 2.45) is 5.92 Å². The standard InChI is InChI=1S/C12H21NO2/c14-12(15)11-7-3-4-8-13(11)9-10-5-1-2-6-10/h10-11H,1-9H2,(H,14,15)/t11-/m1/s1. The minimum absolute atomic E-state index is 0.195. The Morgan fingerprint density at radius 3 is 2.47 bits per heavy atom. The van der Waals surface area contributed by atoms with E-state index in [2.05, 4.69) is 4.90 Å². The number of hydrogen-bond donors (Lipinski definition) is 1. The van der Waals surface area contributed by atoms with Gasteiger partial charge in [0.1, 0.15) is 6.04 Å². The number of hydrogen-bond acceptors (Lipinski definition) is 2. The Hall–Kier alpha value is -0.570. The molecule has 3 heteroatoms. The fourth-order valence-electron chi connectivity index (χ4n) is 3.01. The van der Waals surface area contributed by atoms with Crippen LogP contribution in [-0.2, 0) is 4.79 Å². The molecule has 0 aromatic rings. The third kappa shape index (κ3) is 2.71. The summed E-state index contributed by atoms with van der Waals surface area (Å²) in [5.41, 5.74) is 0. The second kappa shape index (κ2) is 4.97. The topological polar surface area (TPSA) is 40.5 Å². The number of nitrogens with zero attached hydrogens (tertiary/aromatic N) is 1. The van der Waals surface area contributed by atoms with Crippen molar-refractivity contribution in [3.8, 4) is 0 Å². The van der Waals surface area contributed by atoms with Gasteiger partial charge in [0, 0.05) is 6.54 Å². The summed E-state index contributed by atoms with van der Waals surface area (Å²) in [5.74, 6) is 0.151. The zero-order valence-electron chi connectivity index (χ0n) is 9.32. The molecule has 1 N–H and O–H groups in total. The maximum atomic E-state index is 11.1. The summed E-state index contributed by atoms with van der Waals surface area (Å²) < 4.78 is 0. The highest BCUT2D eigenvalue weighted by Gasteiger charge is 2.30. The van der Waals surface area contributed by atoms with Crippen molar-refractivity contribution in [1.82, 2.24) is 4.90 Å². The molecule has 0 spiro atoms. The van der Waals surface area contributed by atoms with Crippen molar-refractivity contribution in [1.29, 1.82) is 0 Å². The number of carbonyl (C=O) groups is 1. The molecule has 3 nitrogen and oxygen atoms in total. The zero-order valence-corrected chi connectivity index (χ0v) is 9.32. The first-order valence-electron chi connectivity index (χ1n) is 6.24. The number of piperidine rings is 1. The molecular weight excluding hydrogens is 190 g/mol. The maximum Gasteiger partial charge on any atom is 0.320 e. The molecule has 0 bridgehead atoms. The first-order valence-corrected chi connectivity index (χ1v) is 6.24. The van der Waals surface area contributed by atoms with Gasteiger partial charge in [0.25, 0.3) is 0 Å². The maximum absolute atomic E-state index is 11.1. The monoisotopic (exact) mass is 211 g/mol.